The van der Waals surface area contributed by atoms with Gasteiger partial charge < -0.3 is 15.5 Å². The van der Waals surface area contributed by atoms with Gasteiger partial charge in [-0.15, -0.1) is 0 Å². The highest BCUT2D eigenvalue weighted by Crippen LogP contribution is 2.25. The standard InChI is InChI=1S/C16H20N4O2/c1-22-12-4-2-3-11(9-12)16-18-13-5-7-20(8-6-15(17)21)10-14(13)19-16/h2-4,9H,5-8,10H2,1H3,(H2,17,21)(H,18,19). The minimum atomic E-state index is -0.257. The average Bonchev–Trinajstić information content (AvgIpc) is 2.96. The van der Waals surface area contributed by atoms with Crippen LogP contribution in [0.5, 0.6) is 5.75 Å². The molecule has 0 aliphatic carbocycles. The number of nitrogens with one attached hydrogen (secondary N) is 1. The van der Waals surface area contributed by atoms with E-state index in [0.29, 0.717) is 13.0 Å². The van der Waals surface area contributed by atoms with Gasteiger partial charge in [0.05, 0.1) is 18.5 Å². The van der Waals surface area contributed by atoms with E-state index in [9.17, 15) is 4.79 Å². The smallest absolute Gasteiger partial charge is 0.218 e. The van der Waals surface area contributed by atoms with E-state index < -0.39 is 0 Å². The minimum Gasteiger partial charge on any atom is -0.497 e. The predicted octanol–water partition coefficient (Wildman–Crippen LogP) is 1.32. The number of aromatic amines is 1. The highest BCUT2D eigenvalue weighted by molar-refractivity contribution is 5.73. The first-order valence-corrected chi connectivity index (χ1v) is 7.38. The fraction of sp³-hybridized carbons (Fsp3) is 0.375. The molecule has 1 aromatic heterocycles. The van der Waals surface area contributed by atoms with Crippen LogP contribution in [0.4, 0.5) is 0 Å². The molecule has 0 saturated carbocycles. The second-order valence-electron chi connectivity index (χ2n) is 5.49. The Hall–Kier alpha value is -2.34. The number of amides is 1. The number of ether oxygens (including phenoxy) is 1. The average molecular weight is 300 g/mol. The van der Waals surface area contributed by atoms with Crippen LogP contribution in [-0.4, -0.2) is 41.0 Å². The SMILES string of the molecule is COc1cccc(-c2nc3c([nH]2)CN(CCC(N)=O)CC3)c1. The van der Waals surface area contributed by atoms with E-state index in [1.165, 1.54) is 0 Å². The molecule has 0 unspecified atom stereocenters. The molecule has 0 spiro atoms. The van der Waals surface area contributed by atoms with Crippen molar-refractivity contribution in [2.75, 3.05) is 20.2 Å². The third-order valence-electron chi connectivity index (χ3n) is 3.93. The number of hydrogen-bond acceptors (Lipinski definition) is 4. The Morgan fingerprint density at radius 3 is 3.14 bits per heavy atom. The number of nitrogens with zero attached hydrogens (tertiary/aromatic N) is 2. The van der Waals surface area contributed by atoms with Gasteiger partial charge in [0, 0.05) is 38.0 Å². The number of hydrogen-bond donors (Lipinski definition) is 2. The van der Waals surface area contributed by atoms with E-state index in [2.05, 4.69) is 9.88 Å². The Kier molecular flexibility index (Phi) is 4.11. The van der Waals surface area contributed by atoms with Crippen molar-refractivity contribution in [1.29, 1.82) is 0 Å². The van der Waals surface area contributed by atoms with Crippen LogP contribution in [0.1, 0.15) is 17.8 Å². The summed E-state index contributed by atoms with van der Waals surface area (Å²) < 4.78 is 5.26. The first kappa shape index (κ1) is 14.6. The fourth-order valence-corrected chi connectivity index (χ4v) is 2.72. The van der Waals surface area contributed by atoms with E-state index >= 15 is 0 Å². The van der Waals surface area contributed by atoms with Crippen LogP contribution in [0, 0.1) is 0 Å². The van der Waals surface area contributed by atoms with Crippen LogP contribution in [-0.2, 0) is 17.8 Å². The van der Waals surface area contributed by atoms with E-state index in [0.717, 1.165) is 48.0 Å². The highest BCUT2D eigenvalue weighted by atomic mass is 16.5. The summed E-state index contributed by atoms with van der Waals surface area (Å²) in [5, 5.41) is 0. The van der Waals surface area contributed by atoms with Gasteiger partial charge in [0.1, 0.15) is 11.6 Å². The van der Waals surface area contributed by atoms with Crippen LogP contribution in [0.2, 0.25) is 0 Å². The Morgan fingerprint density at radius 1 is 1.50 bits per heavy atom. The van der Waals surface area contributed by atoms with Crippen molar-refractivity contribution in [1.82, 2.24) is 14.9 Å². The second kappa shape index (κ2) is 6.19. The van der Waals surface area contributed by atoms with Gasteiger partial charge >= 0.3 is 0 Å². The number of carbonyl (C=O) groups excluding carboxylic acids is 1. The van der Waals surface area contributed by atoms with Crippen molar-refractivity contribution < 1.29 is 9.53 Å². The van der Waals surface area contributed by atoms with Crippen molar-refractivity contribution in [3.63, 3.8) is 0 Å². The van der Waals surface area contributed by atoms with Crippen molar-refractivity contribution in [2.45, 2.75) is 19.4 Å². The molecule has 3 N–H and O–H groups in total. The monoisotopic (exact) mass is 300 g/mol. The lowest BCUT2D eigenvalue weighted by atomic mass is 10.1. The van der Waals surface area contributed by atoms with Crippen molar-refractivity contribution >= 4 is 5.91 Å². The molecular weight excluding hydrogens is 280 g/mol. The van der Waals surface area contributed by atoms with E-state index in [1.54, 1.807) is 7.11 Å². The van der Waals surface area contributed by atoms with Gasteiger partial charge in [-0.05, 0) is 12.1 Å². The van der Waals surface area contributed by atoms with Gasteiger partial charge in [-0.25, -0.2) is 4.98 Å². The molecular formula is C16H20N4O2. The molecule has 2 aromatic rings. The van der Waals surface area contributed by atoms with Crippen LogP contribution in [0.25, 0.3) is 11.4 Å². The number of aromatic nitrogens is 2. The molecule has 0 bridgehead atoms. The molecule has 0 saturated heterocycles. The molecule has 2 heterocycles. The van der Waals surface area contributed by atoms with Crippen molar-refractivity contribution in [2.24, 2.45) is 5.73 Å². The molecule has 0 atom stereocenters. The number of primary amides is 1. The summed E-state index contributed by atoms with van der Waals surface area (Å²) in [4.78, 5) is 21.2. The van der Waals surface area contributed by atoms with Crippen molar-refractivity contribution in [3.05, 3.63) is 35.7 Å². The lowest BCUT2D eigenvalue weighted by molar-refractivity contribution is -0.118. The van der Waals surface area contributed by atoms with Crippen LogP contribution in [0.15, 0.2) is 24.3 Å². The molecule has 1 aromatic carbocycles. The van der Waals surface area contributed by atoms with Crippen LogP contribution >= 0.6 is 0 Å². The summed E-state index contributed by atoms with van der Waals surface area (Å²) in [6.45, 7) is 2.38. The van der Waals surface area contributed by atoms with Gasteiger partial charge in [-0.2, -0.15) is 0 Å². The number of H-pyrrole nitrogens is 1. The summed E-state index contributed by atoms with van der Waals surface area (Å²) in [5.74, 6) is 1.42. The van der Waals surface area contributed by atoms with Gasteiger partial charge in [0.25, 0.3) is 0 Å². The zero-order valence-corrected chi connectivity index (χ0v) is 12.6. The Balaban J connectivity index is 1.77. The maximum absolute atomic E-state index is 10.9. The summed E-state index contributed by atoms with van der Waals surface area (Å²) in [6, 6.07) is 7.85. The normalized spacial score (nSPS) is 14.6. The quantitative estimate of drug-likeness (QED) is 0.872. The Bertz CT molecular complexity index is 681. The van der Waals surface area contributed by atoms with Crippen molar-refractivity contribution in [3.8, 4) is 17.1 Å². The summed E-state index contributed by atoms with van der Waals surface area (Å²) in [5.41, 5.74) is 8.45. The third kappa shape index (κ3) is 3.12. The number of fused-ring (bicyclic) bond motifs is 1. The molecule has 1 aliphatic heterocycles. The Labute approximate surface area is 129 Å². The first-order valence-electron chi connectivity index (χ1n) is 7.38. The first-order chi connectivity index (χ1) is 10.7. The largest absolute Gasteiger partial charge is 0.497 e. The zero-order valence-electron chi connectivity index (χ0n) is 12.6. The van der Waals surface area contributed by atoms with Crippen LogP contribution in [0.3, 0.4) is 0 Å². The zero-order chi connectivity index (χ0) is 15.5. The number of nitrogens with two attached hydrogens (primary N) is 1. The molecule has 1 aliphatic rings. The van der Waals surface area contributed by atoms with Gasteiger partial charge in [0.15, 0.2) is 0 Å². The van der Waals surface area contributed by atoms with E-state index in [-0.39, 0.29) is 5.91 Å². The number of methoxy groups -OCH3 is 1. The second-order valence-corrected chi connectivity index (χ2v) is 5.49. The summed E-state index contributed by atoms with van der Waals surface area (Å²) in [7, 11) is 1.66. The number of carbonyl (C=O) groups is 1. The van der Waals surface area contributed by atoms with Crippen LogP contribution < -0.4 is 10.5 Å². The lowest BCUT2D eigenvalue weighted by Gasteiger charge is -2.25. The molecule has 0 radical (unpaired) electrons. The third-order valence-corrected chi connectivity index (χ3v) is 3.93. The molecule has 6 heteroatoms. The maximum atomic E-state index is 10.9. The number of rotatable bonds is 5. The number of imidazole rings is 1. The molecule has 1 amide bonds. The summed E-state index contributed by atoms with van der Waals surface area (Å²) >= 11 is 0. The van der Waals surface area contributed by atoms with E-state index in [4.69, 9.17) is 15.5 Å². The predicted molar refractivity (Wildman–Crippen MR) is 83.4 cm³/mol. The summed E-state index contributed by atoms with van der Waals surface area (Å²) in [6.07, 6.45) is 1.28. The van der Waals surface area contributed by atoms with Gasteiger partial charge in [-0.1, -0.05) is 12.1 Å². The van der Waals surface area contributed by atoms with E-state index in [1.807, 2.05) is 24.3 Å². The minimum absolute atomic E-state index is 0.257. The Morgan fingerprint density at radius 2 is 2.36 bits per heavy atom. The maximum Gasteiger partial charge on any atom is 0.218 e. The molecule has 3 rings (SSSR count). The number of benzene rings is 1. The highest BCUT2D eigenvalue weighted by Gasteiger charge is 2.20. The lowest BCUT2D eigenvalue weighted by Crippen LogP contribution is -2.33. The molecule has 22 heavy (non-hydrogen) atoms. The molecule has 116 valence electrons. The van der Waals surface area contributed by atoms with Gasteiger partial charge in [0.2, 0.25) is 5.91 Å². The topological polar surface area (TPSA) is 84.2 Å². The van der Waals surface area contributed by atoms with Gasteiger partial charge in [-0.3, -0.25) is 9.69 Å². The molecule has 6 nitrogen and oxygen atoms in total. The molecule has 0 fully saturated rings. The fourth-order valence-electron chi connectivity index (χ4n) is 2.72.